The first-order valence-corrected chi connectivity index (χ1v) is 9.60. The zero-order valence-electron chi connectivity index (χ0n) is 15.0. The second-order valence-electron chi connectivity index (χ2n) is 6.80. The summed E-state index contributed by atoms with van der Waals surface area (Å²) < 4.78 is 1.84. The summed E-state index contributed by atoms with van der Waals surface area (Å²) >= 11 is 1.78. The molecule has 0 radical (unpaired) electrons. The van der Waals surface area contributed by atoms with Crippen LogP contribution in [0.4, 0.5) is 0 Å². The Hall–Kier alpha value is -1.69. The summed E-state index contributed by atoms with van der Waals surface area (Å²) in [6.45, 7) is 10.7. The fourth-order valence-electron chi connectivity index (χ4n) is 3.18. The van der Waals surface area contributed by atoms with Crippen LogP contribution in [0.15, 0.2) is 12.3 Å². The van der Waals surface area contributed by atoms with Crippen LogP contribution in [0, 0.1) is 6.92 Å². The summed E-state index contributed by atoms with van der Waals surface area (Å²) in [5.74, 6) is 0.948. The van der Waals surface area contributed by atoms with E-state index in [1.54, 1.807) is 11.3 Å². The zero-order chi connectivity index (χ0) is 17.3. The fraction of sp³-hybridized carbons (Fsp3) is 0.611. The lowest BCUT2D eigenvalue weighted by Crippen LogP contribution is -2.38. The molecule has 2 aromatic rings. The van der Waals surface area contributed by atoms with E-state index in [9.17, 15) is 4.79 Å². The topological polar surface area (TPSA) is 51.0 Å². The zero-order valence-corrected chi connectivity index (χ0v) is 15.8. The van der Waals surface area contributed by atoms with Crippen molar-refractivity contribution in [1.29, 1.82) is 0 Å². The van der Waals surface area contributed by atoms with Crippen molar-refractivity contribution in [2.75, 3.05) is 13.1 Å². The van der Waals surface area contributed by atoms with Gasteiger partial charge in [-0.25, -0.2) is 4.98 Å². The average Bonchev–Trinajstić information content (AvgIpc) is 3.20. The van der Waals surface area contributed by atoms with E-state index >= 15 is 0 Å². The molecule has 3 rings (SSSR count). The Morgan fingerprint density at radius 2 is 2.08 bits per heavy atom. The Bertz CT molecular complexity index is 710. The van der Waals surface area contributed by atoms with Crippen LogP contribution in [0.5, 0.6) is 0 Å². The summed E-state index contributed by atoms with van der Waals surface area (Å²) in [7, 11) is 0. The standard InChI is InChI=1S/C18H26N4OS/c1-5-22-16(10-15(20-22)12(2)3)18(23)21-8-6-14(7-9-21)17-19-11-13(4)24-17/h10-12,14H,5-9H2,1-4H3. The number of hydrogen-bond acceptors (Lipinski definition) is 4. The third-order valence-electron chi connectivity index (χ3n) is 4.68. The predicted molar refractivity (Wildman–Crippen MR) is 96.7 cm³/mol. The first kappa shape index (κ1) is 17.1. The van der Waals surface area contributed by atoms with Gasteiger partial charge in [-0.2, -0.15) is 5.10 Å². The second-order valence-corrected chi connectivity index (χ2v) is 8.07. The lowest BCUT2D eigenvalue weighted by Gasteiger charge is -2.31. The second kappa shape index (κ2) is 7.05. The van der Waals surface area contributed by atoms with E-state index in [1.807, 2.05) is 28.8 Å². The molecule has 1 amide bonds. The van der Waals surface area contributed by atoms with Crippen molar-refractivity contribution in [2.24, 2.45) is 0 Å². The molecule has 1 aliphatic heterocycles. The van der Waals surface area contributed by atoms with Gasteiger partial charge in [0.25, 0.3) is 5.91 Å². The van der Waals surface area contributed by atoms with Gasteiger partial charge in [-0.3, -0.25) is 9.48 Å². The van der Waals surface area contributed by atoms with Gasteiger partial charge in [0.15, 0.2) is 0 Å². The Morgan fingerprint density at radius 1 is 1.38 bits per heavy atom. The van der Waals surface area contributed by atoms with Crippen molar-refractivity contribution < 1.29 is 4.79 Å². The number of carbonyl (C=O) groups excluding carboxylic acids is 1. The number of piperidine rings is 1. The van der Waals surface area contributed by atoms with E-state index in [0.29, 0.717) is 11.8 Å². The van der Waals surface area contributed by atoms with Crippen LogP contribution < -0.4 is 0 Å². The van der Waals surface area contributed by atoms with Gasteiger partial charge < -0.3 is 4.90 Å². The third-order valence-corrected chi connectivity index (χ3v) is 5.75. The minimum atomic E-state index is 0.116. The van der Waals surface area contributed by atoms with E-state index in [1.165, 1.54) is 9.88 Å². The molecule has 5 nitrogen and oxygen atoms in total. The van der Waals surface area contributed by atoms with Gasteiger partial charge in [-0.05, 0) is 38.7 Å². The predicted octanol–water partition coefficient (Wildman–Crippen LogP) is 3.81. The molecular formula is C18H26N4OS. The highest BCUT2D eigenvalue weighted by molar-refractivity contribution is 7.11. The van der Waals surface area contributed by atoms with E-state index in [0.717, 1.165) is 43.9 Å². The Labute approximate surface area is 147 Å². The van der Waals surface area contributed by atoms with E-state index in [-0.39, 0.29) is 5.91 Å². The van der Waals surface area contributed by atoms with Gasteiger partial charge in [0.05, 0.1) is 10.7 Å². The number of aromatic nitrogens is 3. The maximum atomic E-state index is 12.9. The third kappa shape index (κ3) is 3.38. The van der Waals surface area contributed by atoms with Crippen molar-refractivity contribution in [3.63, 3.8) is 0 Å². The largest absolute Gasteiger partial charge is 0.337 e. The molecule has 130 valence electrons. The van der Waals surface area contributed by atoms with Gasteiger partial charge in [-0.1, -0.05) is 13.8 Å². The van der Waals surface area contributed by atoms with Crippen molar-refractivity contribution in [3.05, 3.63) is 33.5 Å². The van der Waals surface area contributed by atoms with Gasteiger partial charge in [0.1, 0.15) is 5.69 Å². The normalized spacial score (nSPS) is 16.1. The molecule has 1 saturated heterocycles. The minimum Gasteiger partial charge on any atom is -0.337 e. The molecule has 24 heavy (non-hydrogen) atoms. The molecule has 0 unspecified atom stereocenters. The van der Waals surface area contributed by atoms with Crippen LogP contribution in [-0.2, 0) is 6.54 Å². The number of aryl methyl sites for hydroxylation is 2. The van der Waals surface area contributed by atoms with Crippen LogP contribution in [0.3, 0.4) is 0 Å². The lowest BCUT2D eigenvalue weighted by molar-refractivity contribution is 0.0700. The number of thiazole rings is 1. The van der Waals surface area contributed by atoms with E-state index in [2.05, 4.69) is 30.9 Å². The van der Waals surface area contributed by atoms with Crippen molar-refractivity contribution in [2.45, 2.75) is 58.9 Å². The maximum Gasteiger partial charge on any atom is 0.272 e. The molecule has 1 aliphatic rings. The summed E-state index contributed by atoms with van der Waals surface area (Å²) in [5.41, 5.74) is 1.72. The van der Waals surface area contributed by atoms with Crippen molar-refractivity contribution in [3.8, 4) is 0 Å². The van der Waals surface area contributed by atoms with Gasteiger partial charge in [-0.15, -0.1) is 11.3 Å². The molecule has 0 aromatic carbocycles. The number of nitrogens with zero attached hydrogens (tertiary/aromatic N) is 4. The van der Waals surface area contributed by atoms with Gasteiger partial charge >= 0.3 is 0 Å². The highest BCUT2D eigenvalue weighted by Gasteiger charge is 2.28. The molecular weight excluding hydrogens is 320 g/mol. The number of likely N-dealkylation sites (tertiary alicyclic amines) is 1. The Morgan fingerprint density at radius 3 is 2.62 bits per heavy atom. The molecule has 0 bridgehead atoms. The lowest BCUT2D eigenvalue weighted by atomic mass is 9.97. The van der Waals surface area contributed by atoms with Gasteiger partial charge in [0, 0.05) is 36.6 Å². The monoisotopic (exact) mass is 346 g/mol. The summed E-state index contributed by atoms with van der Waals surface area (Å²) in [4.78, 5) is 20.7. The molecule has 0 atom stereocenters. The molecule has 0 aliphatic carbocycles. The fourth-order valence-corrected chi connectivity index (χ4v) is 4.13. The van der Waals surface area contributed by atoms with Crippen LogP contribution in [0.1, 0.15) is 71.5 Å². The van der Waals surface area contributed by atoms with E-state index < -0.39 is 0 Å². The molecule has 6 heteroatoms. The van der Waals surface area contributed by atoms with Crippen LogP contribution in [-0.4, -0.2) is 38.7 Å². The number of carbonyl (C=O) groups is 1. The molecule has 2 aromatic heterocycles. The van der Waals surface area contributed by atoms with Crippen LogP contribution in [0.2, 0.25) is 0 Å². The number of hydrogen-bond donors (Lipinski definition) is 0. The summed E-state index contributed by atoms with van der Waals surface area (Å²) in [5, 5.41) is 5.79. The van der Waals surface area contributed by atoms with Crippen molar-refractivity contribution in [1.82, 2.24) is 19.7 Å². The smallest absolute Gasteiger partial charge is 0.272 e. The first-order chi connectivity index (χ1) is 11.5. The molecule has 1 fully saturated rings. The Kier molecular flexibility index (Phi) is 5.04. The molecule has 3 heterocycles. The first-order valence-electron chi connectivity index (χ1n) is 8.79. The molecule has 0 N–H and O–H groups in total. The van der Waals surface area contributed by atoms with Gasteiger partial charge in [0.2, 0.25) is 0 Å². The van der Waals surface area contributed by atoms with E-state index in [4.69, 9.17) is 0 Å². The Balaban J connectivity index is 1.69. The van der Waals surface area contributed by atoms with Crippen LogP contribution >= 0.6 is 11.3 Å². The summed E-state index contributed by atoms with van der Waals surface area (Å²) in [6, 6.07) is 1.97. The quantitative estimate of drug-likeness (QED) is 0.846. The summed E-state index contributed by atoms with van der Waals surface area (Å²) in [6.07, 6.45) is 3.94. The SMILES string of the molecule is CCn1nc(C(C)C)cc1C(=O)N1CCC(c2ncc(C)s2)CC1. The highest BCUT2D eigenvalue weighted by atomic mass is 32.1. The average molecular weight is 347 g/mol. The number of amides is 1. The number of rotatable bonds is 4. The highest BCUT2D eigenvalue weighted by Crippen LogP contribution is 2.31. The molecule has 0 spiro atoms. The minimum absolute atomic E-state index is 0.116. The van der Waals surface area contributed by atoms with Crippen molar-refractivity contribution >= 4 is 17.2 Å². The maximum absolute atomic E-state index is 12.9. The van der Waals surface area contributed by atoms with Crippen LogP contribution in [0.25, 0.3) is 0 Å². The molecule has 0 saturated carbocycles.